The van der Waals surface area contributed by atoms with E-state index >= 15 is 0 Å². The maximum Gasteiger partial charge on any atom is -1.00 e. The molecule has 0 nitrogen and oxygen atoms in total. The van der Waals surface area contributed by atoms with E-state index < -0.39 is 8.07 Å². The van der Waals surface area contributed by atoms with E-state index in [-0.39, 0.29) is 42.6 Å². The Kier molecular flexibility index (Phi) is 12.6. The van der Waals surface area contributed by atoms with Crippen LogP contribution in [-0.4, -0.2) is 8.07 Å². The maximum absolute atomic E-state index is 2.55. The Balaban J connectivity index is 0.00000280. The van der Waals surface area contributed by atoms with Gasteiger partial charge in [0.2, 0.25) is 0 Å². The Hall–Kier alpha value is -0.279. The van der Waals surface area contributed by atoms with Crippen molar-refractivity contribution in [3.05, 3.63) is 92.5 Å². The molecule has 0 unspecified atom stereocenters. The molecule has 5 heteroatoms. The van der Waals surface area contributed by atoms with Crippen LogP contribution in [0.5, 0.6) is 0 Å². The zero-order valence-corrected chi connectivity index (χ0v) is 23.1. The van der Waals surface area contributed by atoms with Crippen molar-refractivity contribution >= 4 is 8.07 Å². The predicted octanol–water partition coefficient (Wildman–Crippen LogP) is -1.82. The van der Waals surface area contributed by atoms with Crippen molar-refractivity contribution in [2.24, 2.45) is 0 Å². The van der Waals surface area contributed by atoms with Gasteiger partial charge in [0, 0.05) is 0 Å². The van der Waals surface area contributed by atoms with Crippen molar-refractivity contribution in [2.45, 2.75) is 57.7 Å². The van der Waals surface area contributed by atoms with E-state index in [1.165, 1.54) is 30.4 Å². The molecular formula is C25H31Cl3SiTi. The quantitative estimate of drug-likeness (QED) is 0.383. The fourth-order valence-corrected chi connectivity index (χ4v) is 8.44. The summed E-state index contributed by atoms with van der Waals surface area (Å²) in [5.74, 6) is 0. The molecule has 0 aliphatic heterocycles. The summed E-state index contributed by atoms with van der Waals surface area (Å²) in [6.07, 6.45) is 7.32. The maximum atomic E-state index is 2.55. The number of unbranched alkanes of at least 4 members (excludes halogenated alkanes) is 1. The molecule has 1 aliphatic rings. The molecule has 2 aromatic carbocycles. The van der Waals surface area contributed by atoms with Gasteiger partial charge in [-0.1, -0.05) is 0 Å². The van der Waals surface area contributed by atoms with Crippen LogP contribution in [0.15, 0.2) is 81.4 Å². The third-order valence-corrected chi connectivity index (χ3v) is 9.43. The first-order chi connectivity index (χ1) is 12.9. The zero-order valence-electron chi connectivity index (χ0n) is 18.3. The van der Waals surface area contributed by atoms with Crippen LogP contribution in [0.2, 0.25) is 19.6 Å². The van der Waals surface area contributed by atoms with E-state index in [0.717, 1.165) is 6.42 Å². The van der Waals surface area contributed by atoms with Gasteiger partial charge in [-0.05, 0) is 0 Å². The van der Waals surface area contributed by atoms with Crippen molar-refractivity contribution in [3.8, 4) is 0 Å². The molecule has 0 fully saturated rings. The van der Waals surface area contributed by atoms with Crippen molar-refractivity contribution in [2.75, 3.05) is 0 Å². The van der Waals surface area contributed by atoms with Gasteiger partial charge in [-0.25, -0.2) is 0 Å². The molecule has 0 saturated heterocycles. The van der Waals surface area contributed by atoms with Crippen molar-refractivity contribution in [1.82, 2.24) is 0 Å². The predicted molar refractivity (Wildman–Crippen MR) is 116 cm³/mol. The minimum Gasteiger partial charge on any atom is -1.00 e. The molecule has 0 heterocycles. The third kappa shape index (κ3) is 5.94. The summed E-state index contributed by atoms with van der Waals surface area (Å²) >= 11 is 2.39. The monoisotopic (exact) mass is 512 g/mol. The number of halogens is 3. The van der Waals surface area contributed by atoms with Gasteiger partial charge in [0.05, 0.1) is 0 Å². The van der Waals surface area contributed by atoms with E-state index in [1.54, 1.807) is 14.6 Å². The van der Waals surface area contributed by atoms with Gasteiger partial charge in [0.15, 0.2) is 0 Å². The number of benzene rings is 2. The molecule has 0 amide bonds. The summed E-state index contributed by atoms with van der Waals surface area (Å²) in [5, 5.41) is 1.73. The minimum absolute atomic E-state index is 0. The number of allylic oxidation sites excluding steroid dienone is 4. The van der Waals surface area contributed by atoms with Crippen LogP contribution in [0.4, 0.5) is 0 Å². The first kappa shape index (κ1) is 29.7. The first-order valence-corrected chi connectivity index (χ1v) is 14.5. The smallest absolute Gasteiger partial charge is 1.00 e. The second-order valence-corrected chi connectivity index (χ2v) is 14.6. The molecule has 30 heavy (non-hydrogen) atoms. The fraction of sp³-hybridized carbons (Fsp3) is 0.360. The van der Waals surface area contributed by atoms with Crippen LogP contribution >= 0.6 is 0 Å². The topological polar surface area (TPSA) is 0 Å². The molecule has 0 atom stereocenters. The molecule has 3 rings (SSSR count). The van der Waals surface area contributed by atoms with Crippen molar-refractivity contribution in [1.29, 1.82) is 0 Å². The van der Waals surface area contributed by atoms with E-state index in [2.05, 4.69) is 114 Å². The van der Waals surface area contributed by atoms with Crippen LogP contribution in [0, 0.1) is 0 Å². The molecule has 0 N–H and O–H groups in total. The number of hydrogen-bond donors (Lipinski definition) is 0. The van der Waals surface area contributed by atoms with Gasteiger partial charge >= 0.3 is 179 Å². The molecule has 0 bridgehead atoms. The molecule has 0 saturated carbocycles. The average molecular weight is 514 g/mol. The standard InChI is InChI=1S/C25H31Si.3ClH.Ti/c1-5-6-19-25(21-13-9-7-10-14-21,22-15-11-8-12-16-22)23-17-18-24(20-23)26(2,3)4;;;;/h7-17H,5-6,18-19H2,1-4H3;3*1H;/q;;;;+3/p-3. The minimum atomic E-state index is -1.31. The van der Waals surface area contributed by atoms with Crippen molar-refractivity contribution in [3.63, 3.8) is 0 Å². The summed E-state index contributed by atoms with van der Waals surface area (Å²) in [5.41, 5.74) is 4.40. The summed E-state index contributed by atoms with van der Waals surface area (Å²) in [6, 6.07) is 22.4. The van der Waals surface area contributed by atoms with Crippen LogP contribution in [0.1, 0.15) is 43.7 Å². The normalized spacial score (nSPS) is 13.7. The van der Waals surface area contributed by atoms with Gasteiger partial charge in [0.25, 0.3) is 0 Å². The second kappa shape index (κ2) is 12.7. The summed E-state index contributed by atoms with van der Waals surface area (Å²) in [7, 11) is -1.31. The van der Waals surface area contributed by atoms with Crippen LogP contribution in [0.25, 0.3) is 0 Å². The summed E-state index contributed by atoms with van der Waals surface area (Å²) < 4.78 is 1.57. The van der Waals surface area contributed by atoms with E-state index in [1.807, 2.05) is 0 Å². The van der Waals surface area contributed by atoms with Gasteiger partial charge < -0.3 is 37.2 Å². The van der Waals surface area contributed by atoms with E-state index in [0.29, 0.717) is 0 Å². The Morgan fingerprint density at radius 1 is 0.833 bits per heavy atom. The average Bonchev–Trinajstić information content (AvgIpc) is 3.07. The zero-order chi connectivity index (χ0) is 19.5. The fourth-order valence-electron chi connectivity index (χ4n) is 4.43. The third-order valence-electron chi connectivity index (χ3n) is 5.89. The van der Waals surface area contributed by atoms with Crippen molar-refractivity contribution < 1.29 is 57.7 Å². The molecule has 0 radical (unpaired) electrons. The summed E-state index contributed by atoms with van der Waals surface area (Å²) in [6.45, 7) is 9.77. The van der Waals surface area contributed by atoms with Gasteiger partial charge in [-0.2, -0.15) is 0 Å². The Bertz CT molecular complexity index is 800. The van der Waals surface area contributed by atoms with Crippen LogP contribution in [0.3, 0.4) is 0 Å². The molecule has 2 aromatic rings. The second-order valence-electron chi connectivity index (χ2n) is 8.67. The Morgan fingerprint density at radius 2 is 1.30 bits per heavy atom. The number of hydrogen-bond acceptors (Lipinski definition) is 0. The van der Waals surface area contributed by atoms with E-state index in [4.69, 9.17) is 0 Å². The van der Waals surface area contributed by atoms with Gasteiger partial charge in [0.1, 0.15) is 0 Å². The molecule has 1 aliphatic carbocycles. The Labute approximate surface area is 214 Å². The molecule has 0 spiro atoms. The molecule has 160 valence electrons. The van der Waals surface area contributed by atoms with Gasteiger partial charge in [-0.15, -0.1) is 0 Å². The SMILES string of the molecule is CCCCC(C1=CCC([Si](C)(C)C)=[C]1[Ti+3])(c1ccccc1)c1ccccc1.[Cl-].[Cl-].[Cl-]. The van der Waals surface area contributed by atoms with Gasteiger partial charge in [-0.3, -0.25) is 0 Å². The molecule has 0 aromatic heterocycles. The van der Waals surface area contributed by atoms with E-state index in [9.17, 15) is 0 Å². The molecular weight excluding hydrogens is 483 g/mol. The first-order valence-electron chi connectivity index (χ1n) is 10.2. The van der Waals surface area contributed by atoms with Crippen LogP contribution < -0.4 is 37.2 Å². The van der Waals surface area contributed by atoms with Crippen LogP contribution in [-0.2, 0) is 25.9 Å². The summed E-state index contributed by atoms with van der Waals surface area (Å²) in [4.78, 5) is 0. The number of rotatable bonds is 7. The largest absolute Gasteiger partial charge is 1.00 e. The Morgan fingerprint density at radius 3 is 1.67 bits per heavy atom.